The Kier molecular flexibility index (Phi) is 4.14. The highest BCUT2D eigenvalue weighted by Crippen LogP contribution is 2.20. The third-order valence-electron chi connectivity index (χ3n) is 3.61. The molecule has 21 heavy (non-hydrogen) atoms. The molecule has 110 valence electrons. The molecule has 6 nitrogen and oxygen atoms in total. The van der Waals surface area contributed by atoms with Crippen molar-refractivity contribution in [2.45, 2.75) is 38.3 Å². The molecule has 2 aromatic rings. The van der Waals surface area contributed by atoms with E-state index in [-0.39, 0.29) is 5.91 Å². The lowest BCUT2D eigenvalue weighted by Crippen LogP contribution is -2.23. The third kappa shape index (κ3) is 3.59. The van der Waals surface area contributed by atoms with Gasteiger partial charge in [0.2, 0.25) is 5.95 Å². The molecule has 3 rings (SSSR count). The summed E-state index contributed by atoms with van der Waals surface area (Å²) >= 11 is 0. The SMILES string of the molecule is O=C(NCc1ccco1)c1cnc(NC2CCCC2)nc1. The zero-order valence-corrected chi connectivity index (χ0v) is 11.7. The van der Waals surface area contributed by atoms with Gasteiger partial charge in [-0.3, -0.25) is 4.79 Å². The molecule has 1 saturated carbocycles. The maximum Gasteiger partial charge on any atom is 0.254 e. The number of anilines is 1. The van der Waals surface area contributed by atoms with E-state index < -0.39 is 0 Å². The van der Waals surface area contributed by atoms with Crippen molar-refractivity contribution >= 4 is 11.9 Å². The molecule has 0 aromatic carbocycles. The Morgan fingerprint density at radius 2 is 2.05 bits per heavy atom. The fourth-order valence-electron chi connectivity index (χ4n) is 2.46. The minimum Gasteiger partial charge on any atom is -0.467 e. The normalized spacial score (nSPS) is 15.0. The predicted molar refractivity (Wildman–Crippen MR) is 77.8 cm³/mol. The number of hydrogen-bond donors (Lipinski definition) is 2. The van der Waals surface area contributed by atoms with Crippen molar-refractivity contribution in [3.63, 3.8) is 0 Å². The molecule has 0 radical (unpaired) electrons. The van der Waals surface area contributed by atoms with Crippen molar-refractivity contribution in [2.24, 2.45) is 0 Å². The largest absolute Gasteiger partial charge is 0.467 e. The van der Waals surface area contributed by atoms with Crippen molar-refractivity contribution in [1.29, 1.82) is 0 Å². The van der Waals surface area contributed by atoms with Crippen molar-refractivity contribution in [3.05, 3.63) is 42.1 Å². The Morgan fingerprint density at radius 1 is 1.29 bits per heavy atom. The molecule has 0 spiro atoms. The molecule has 1 aliphatic carbocycles. The van der Waals surface area contributed by atoms with E-state index in [4.69, 9.17) is 4.42 Å². The van der Waals surface area contributed by atoms with Gasteiger partial charge in [0, 0.05) is 18.4 Å². The van der Waals surface area contributed by atoms with Crippen LogP contribution in [0.2, 0.25) is 0 Å². The minimum absolute atomic E-state index is 0.209. The van der Waals surface area contributed by atoms with Gasteiger partial charge in [-0.2, -0.15) is 0 Å². The number of furan rings is 1. The fraction of sp³-hybridized carbons (Fsp3) is 0.400. The van der Waals surface area contributed by atoms with Crippen LogP contribution in [-0.4, -0.2) is 21.9 Å². The summed E-state index contributed by atoms with van der Waals surface area (Å²) in [6.07, 6.45) is 9.50. The van der Waals surface area contributed by atoms with E-state index >= 15 is 0 Å². The summed E-state index contributed by atoms with van der Waals surface area (Å²) in [4.78, 5) is 20.3. The van der Waals surface area contributed by atoms with Gasteiger partial charge in [0.15, 0.2) is 0 Å². The quantitative estimate of drug-likeness (QED) is 0.882. The lowest BCUT2D eigenvalue weighted by atomic mass is 10.2. The van der Waals surface area contributed by atoms with Crippen LogP contribution < -0.4 is 10.6 Å². The number of nitrogens with one attached hydrogen (secondary N) is 2. The first kappa shape index (κ1) is 13.6. The molecular weight excluding hydrogens is 268 g/mol. The van der Waals surface area contributed by atoms with Gasteiger partial charge in [-0.1, -0.05) is 12.8 Å². The van der Waals surface area contributed by atoms with Crippen LogP contribution in [-0.2, 0) is 6.54 Å². The summed E-state index contributed by atoms with van der Waals surface area (Å²) in [6, 6.07) is 4.06. The fourth-order valence-corrected chi connectivity index (χ4v) is 2.46. The van der Waals surface area contributed by atoms with Gasteiger partial charge >= 0.3 is 0 Å². The summed E-state index contributed by atoms with van der Waals surface area (Å²) in [6.45, 7) is 0.355. The second-order valence-electron chi connectivity index (χ2n) is 5.18. The molecular formula is C15H18N4O2. The van der Waals surface area contributed by atoms with Crippen molar-refractivity contribution in [3.8, 4) is 0 Å². The molecule has 2 heterocycles. The van der Waals surface area contributed by atoms with Crippen molar-refractivity contribution in [1.82, 2.24) is 15.3 Å². The molecule has 1 fully saturated rings. The number of amides is 1. The Morgan fingerprint density at radius 3 is 2.71 bits per heavy atom. The van der Waals surface area contributed by atoms with E-state index in [1.165, 1.54) is 12.8 Å². The highest BCUT2D eigenvalue weighted by Gasteiger charge is 2.15. The van der Waals surface area contributed by atoms with Gasteiger partial charge in [0.25, 0.3) is 5.91 Å². The average molecular weight is 286 g/mol. The first-order valence-electron chi connectivity index (χ1n) is 7.20. The summed E-state index contributed by atoms with van der Waals surface area (Å²) in [5.41, 5.74) is 0.443. The Hall–Kier alpha value is -2.37. The number of carbonyl (C=O) groups is 1. The molecule has 0 atom stereocenters. The monoisotopic (exact) mass is 286 g/mol. The van der Waals surface area contributed by atoms with Crippen LogP contribution in [0.3, 0.4) is 0 Å². The maximum absolute atomic E-state index is 11.9. The minimum atomic E-state index is -0.209. The van der Waals surface area contributed by atoms with Crippen LogP contribution in [0.1, 0.15) is 41.8 Å². The van der Waals surface area contributed by atoms with E-state index in [0.717, 1.165) is 12.8 Å². The predicted octanol–water partition coefficient (Wildman–Crippen LogP) is 2.35. The lowest BCUT2D eigenvalue weighted by molar-refractivity contribution is 0.0947. The second-order valence-corrected chi connectivity index (χ2v) is 5.18. The van der Waals surface area contributed by atoms with E-state index in [2.05, 4.69) is 20.6 Å². The first-order chi connectivity index (χ1) is 10.3. The molecule has 1 amide bonds. The summed E-state index contributed by atoms with van der Waals surface area (Å²) in [5.74, 6) is 1.09. The molecule has 0 saturated heterocycles. The van der Waals surface area contributed by atoms with Gasteiger partial charge < -0.3 is 15.1 Å². The van der Waals surface area contributed by atoms with Crippen LogP contribution >= 0.6 is 0 Å². The van der Waals surface area contributed by atoms with Crippen LogP contribution in [0.25, 0.3) is 0 Å². The van der Waals surface area contributed by atoms with E-state index in [0.29, 0.717) is 29.9 Å². The molecule has 0 aliphatic heterocycles. The van der Waals surface area contributed by atoms with E-state index in [9.17, 15) is 4.79 Å². The van der Waals surface area contributed by atoms with Crippen LogP contribution in [0.5, 0.6) is 0 Å². The van der Waals surface area contributed by atoms with Crippen LogP contribution in [0, 0.1) is 0 Å². The summed E-state index contributed by atoms with van der Waals surface area (Å²) in [7, 11) is 0. The standard InChI is InChI=1S/C15H18N4O2/c20-14(16-10-13-6-3-7-21-13)11-8-17-15(18-9-11)19-12-4-1-2-5-12/h3,6-9,12H,1-2,4-5,10H2,(H,16,20)(H,17,18,19). The van der Waals surface area contributed by atoms with E-state index in [1.807, 2.05) is 6.07 Å². The molecule has 6 heteroatoms. The number of aromatic nitrogens is 2. The number of hydrogen-bond acceptors (Lipinski definition) is 5. The highest BCUT2D eigenvalue weighted by molar-refractivity contribution is 5.93. The Bertz CT molecular complexity index is 574. The topological polar surface area (TPSA) is 80.0 Å². The van der Waals surface area contributed by atoms with Crippen LogP contribution in [0.15, 0.2) is 35.2 Å². The number of carbonyl (C=O) groups excluding carboxylic acids is 1. The average Bonchev–Trinajstić information content (AvgIpc) is 3.19. The molecule has 0 bridgehead atoms. The molecule has 0 unspecified atom stereocenters. The highest BCUT2D eigenvalue weighted by atomic mass is 16.3. The van der Waals surface area contributed by atoms with Crippen LogP contribution in [0.4, 0.5) is 5.95 Å². The summed E-state index contributed by atoms with van der Waals surface area (Å²) < 4.78 is 5.16. The Balaban J connectivity index is 1.54. The maximum atomic E-state index is 11.9. The van der Waals surface area contributed by atoms with Gasteiger partial charge in [0.1, 0.15) is 5.76 Å². The zero-order valence-electron chi connectivity index (χ0n) is 11.7. The number of nitrogens with zero attached hydrogens (tertiary/aromatic N) is 2. The van der Waals surface area contributed by atoms with Gasteiger partial charge in [0.05, 0.1) is 18.4 Å². The molecule has 2 N–H and O–H groups in total. The number of rotatable bonds is 5. The zero-order chi connectivity index (χ0) is 14.5. The van der Waals surface area contributed by atoms with E-state index in [1.54, 1.807) is 24.7 Å². The first-order valence-corrected chi connectivity index (χ1v) is 7.20. The van der Waals surface area contributed by atoms with Gasteiger partial charge in [-0.25, -0.2) is 9.97 Å². The van der Waals surface area contributed by atoms with Gasteiger partial charge in [-0.05, 0) is 25.0 Å². The van der Waals surface area contributed by atoms with Gasteiger partial charge in [-0.15, -0.1) is 0 Å². The summed E-state index contributed by atoms with van der Waals surface area (Å²) in [5, 5.41) is 6.05. The molecule has 2 aromatic heterocycles. The molecule has 1 aliphatic rings. The van der Waals surface area contributed by atoms with Crippen molar-refractivity contribution in [2.75, 3.05) is 5.32 Å². The second kappa shape index (κ2) is 6.39. The smallest absolute Gasteiger partial charge is 0.254 e. The third-order valence-corrected chi connectivity index (χ3v) is 3.61. The van der Waals surface area contributed by atoms with Crippen molar-refractivity contribution < 1.29 is 9.21 Å². The lowest BCUT2D eigenvalue weighted by Gasteiger charge is -2.11. The Labute approximate surface area is 123 Å².